The lowest BCUT2D eigenvalue weighted by Crippen LogP contribution is -2.41. The molecule has 2 heterocycles. The van der Waals surface area contributed by atoms with Crippen molar-refractivity contribution in [3.05, 3.63) is 19.2 Å². The van der Waals surface area contributed by atoms with Crippen LogP contribution in [0.15, 0.2) is 13.6 Å². The lowest BCUT2D eigenvalue weighted by molar-refractivity contribution is 0.0886. The fraction of sp³-hybridized carbons (Fsp3) is 0.615. The third kappa shape index (κ3) is 4.36. The van der Waals surface area contributed by atoms with Gasteiger partial charge >= 0.3 is 0 Å². The van der Waals surface area contributed by atoms with E-state index in [9.17, 15) is 4.79 Å². The number of rotatable bonds is 5. The van der Waals surface area contributed by atoms with Gasteiger partial charge in [0.2, 0.25) is 0 Å². The molecule has 0 aromatic carbocycles. The molecule has 0 radical (unpaired) electrons. The average molecular weight is 410 g/mol. The van der Waals surface area contributed by atoms with E-state index in [1.54, 1.807) is 11.3 Å². The van der Waals surface area contributed by atoms with Crippen LogP contribution in [0.4, 0.5) is 0 Å². The molecule has 1 N–H and O–H groups in total. The van der Waals surface area contributed by atoms with Crippen LogP contribution in [-0.4, -0.2) is 43.9 Å². The Labute approximate surface area is 135 Å². The highest BCUT2D eigenvalue weighted by molar-refractivity contribution is 9.12. The van der Waals surface area contributed by atoms with E-state index in [4.69, 9.17) is 0 Å². The Morgan fingerprint density at radius 2 is 2.37 bits per heavy atom. The van der Waals surface area contributed by atoms with Gasteiger partial charge in [-0.3, -0.25) is 9.69 Å². The maximum atomic E-state index is 12.3. The predicted molar refractivity (Wildman–Crippen MR) is 87.1 cm³/mol. The topological polar surface area (TPSA) is 32.3 Å². The highest BCUT2D eigenvalue weighted by atomic mass is 79.9. The molecule has 0 bridgehead atoms. The SMILES string of the molecule is CNCC1CCCN(CC(=O)c2cc(Br)sc2Br)C1. The zero-order valence-corrected chi connectivity index (χ0v) is 14.9. The van der Waals surface area contributed by atoms with E-state index in [2.05, 4.69) is 42.1 Å². The molecule has 0 spiro atoms. The van der Waals surface area contributed by atoms with Crippen LogP contribution in [0, 0.1) is 5.92 Å². The monoisotopic (exact) mass is 408 g/mol. The Morgan fingerprint density at radius 3 is 3.00 bits per heavy atom. The first-order chi connectivity index (χ1) is 9.10. The summed E-state index contributed by atoms with van der Waals surface area (Å²) in [4.78, 5) is 14.6. The number of Topliss-reactive ketones (excluding diaryl/α,β-unsaturated/α-hetero) is 1. The first-order valence-corrected chi connectivity index (χ1v) is 8.85. The van der Waals surface area contributed by atoms with Gasteiger partial charge in [0.1, 0.15) is 0 Å². The fourth-order valence-corrected chi connectivity index (χ4v) is 5.42. The number of nitrogens with zero attached hydrogens (tertiary/aromatic N) is 1. The summed E-state index contributed by atoms with van der Waals surface area (Å²) in [5.74, 6) is 0.878. The Morgan fingerprint density at radius 1 is 1.58 bits per heavy atom. The van der Waals surface area contributed by atoms with Crippen molar-refractivity contribution in [3.8, 4) is 0 Å². The quantitative estimate of drug-likeness (QED) is 0.756. The molecule has 1 fully saturated rings. The second-order valence-corrected chi connectivity index (χ2v) is 8.71. The molecular formula is C13H18Br2N2OS. The summed E-state index contributed by atoms with van der Waals surface area (Å²) >= 11 is 8.43. The summed E-state index contributed by atoms with van der Waals surface area (Å²) in [5.41, 5.74) is 0.799. The van der Waals surface area contributed by atoms with Gasteiger partial charge in [0, 0.05) is 12.1 Å². The Balaban J connectivity index is 1.93. The minimum Gasteiger partial charge on any atom is -0.319 e. The number of piperidine rings is 1. The number of nitrogens with one attached hydrogen (secondary N) is 1. The van der Waals surface area contributed by atoms with Crippen molar-refractivity contribution in [2.24, 2.45) is 5.92 Å². The van der Waals surface area contributed by atoms with Crippen LogP contribution in [-0.2, 0) is 0 Å². The van der Waals surface area contributed by atoms with Gasteiger partial charge in [0.15, 0.2) is 5.78 Å². The number of thiophene rings is 1. The minimum absolute atomic E-state index is 0.207. The van der Waals surface area contributed by atoms with E-state index in [-0.39, 0.29) is 5.78 Å². The smallest absolute Gasteiger partial charge is 0.178 e. The molecule has 3 nitrogen and oxygen atoms in total. The molecule has 1 atom stereocenters. The van der Waals surface area contributed by atoms with E-state index in [0.717, 1.165) is 32.8 Å². The maximum absolute atomic E-state index is 12.3. The highest BCUT2D eigenvalue weighted by Crippen LogP contribution is 2.32. The summed E-state index contributed by atoms with van der Waals surface area (Å²) < 4.78 is 1.92. The summed E-state index contributed by atoms with van der Waals surface area (Å²) in [6, 6.07) is 1.91. The zero-order valence-electron chi connectivity index (χ0n) is 10.9. The molecule has 6 heteroatoms. The normalized spacial score (nSPS) is 20.7. The van der Waals surface area contributed by atoms with Gasteiger partial charge in [0.05, 0.1) is 14.1 Å². The molecule has 1 aromatic rings. The third-order valence-electron chi connectivity index (χ3n) is 3.42. The van der Waals surface area contributed by atoms with Crippen LogP contribution in [0.2, 0.25) is 0 Å². The second kappa shape index (κ2) is 7.31. The molecule has 106 valence electrons. The third-order valence-corrected chi connectivity index (χ3v) is 5.76. The number of carbonyl (C=O) groups is 1. The lowest BCUT2D eigenvalue weighted by atomic mass is 9.97. The van der Waals surface area contributed by atoms with Crippen molar-refractivity contribution >= 4 is 49.0 Å². The summed E-state index contributed by atoms with van der Waals surface area (Å²) in [5, 5.41) is 3.23. The van der Waals surface area contributed by atoms with Crippen LogP contribution in [0.1, 0.15) is 23.2 Å². The molecule has 1 aliphatic rings. The van der Waals surface area contributed by atoms with Gasteiger partial charge in [-0.2, -0.15) is 0 Å². The number of carbonyl (C=O) groups excluding carboxylic acids is 1. The van der Waals surface area contributed by atoms with Crippen molar-refractivity contribution in [3.63, 3.8) is 0 Å². The summed E-state index contributed by atoms with van der Waals surface area (Å²) in [6.07, 6.45) is 2.45. The van der Waals surface area contributed by atoms with Crippen molar-refractivity contribution in [2.75, 3.05) is 33.2 Å². The van der Waals surface area contributed by atoms with Crippen molar-refractivity contribution in [1.29, 1.82) is 0 Å². The van der Waals surface area contributed by atoms with E-state index in [1.807, 2.05) is 13.1 Å². The number of ketones is 1. The largest absolute Gasteiger partial charge is 0.319 e. The Kier molecular flexibility index (Phi) is 6.02. The fourth-order valence-electron chi connectivity index (χ4n) is 2.57. The first kappa shape index (κ1) is 15.6. The van der Waals surface area contributed by atoms with E-state index in [0.29, 0.717) is 12.5 Å². The molecule has 1 aliphatic heterocycles. The molecule has 0 saturated carbocycles. The van der Waals surface area contributed by atoms with E-state index >= 15 is 0 Å². The molecular weight excluding hydrogens is 392 g/mol. The maximum Gasteiger partial charge on any atom is 0.178 e. The standard InChI is InChI=1S/C13H18Br2N2OS/c1-16-6-9-3-2-4-17(7-9)8-11(18)10-5-12(14)19-13(10)15/h5,9,16H,2-4,6-8H2,1H3. The van der Waals surface area contributed by atoms with E-state index < -0.39 is 0 Å². The van der Waals surface area contributed by atoms with Gasteiger partial charge < -0.3 is 5.32 Å². The second-order valence-electron chi connectivity index (χ2n) is 4.96. The van der Waals surface area contributed by atoms with Crippen molar-refractivity contribution in [1.82, 2.24) is 10.2 Å². The van der Waals surface area contributed by atoms with Gasteiger partial charge in [-0.05, 0) is 76.8 Å². The Bertz CT molecular complexity index is 448. The van der Waals surface area contributed by atoms with Crippen LogP contribution in [0.3, 0.4) is 0 Å². The number of hydrogen-bond acceptors (Lipinski definition) is 4. The Hall–Kier alpha value is 0.250. The van der Waals surface area contributed by atoms with Crippen molar-refractivity contribution < 1.29 is 4.79 Å². The summed E-state index contributed by atoms with van der Waals surface area (Å²) in [6.45, 7) is 3.63. The van der Waals surface area contributed by atoms with Crippen LogP contribution in [0.25, 0.3) is 0 Å². The van der Waals surface area contributed by atoms with Crippen molar-refractivity contribution in [2.45, 2.75) is 12.8 Å². The number of halogens is 2. The van der Waals surface area contributed by atoms with Crippen LogP contribution in [0.5, 0.6) is 0 Å². The number of hydrogen-bond donors (Lipinski definition) is 1. The zero-order chi connectivity index (χ0) is 13.8. The predicted octanol–water partition coefficient (Wildman–Crippen LogP) is 3.39. The van der Waals surface area contributed by atoms with Gasteiger partial charge in [-0.25, -0.2) is 0 Å². The molecule has 19 heavy (non-hydrogen) atoms. The molecule has 2 rings (SSSR count). The van der Waals surface area contributed by atoms with Crippen LogP contribution < -0.4 is 5.32 Å². The van der Waals surface area contributed by atoms with Gasteiger partial charge in [-0.1, -0.05) is 0 Å². The first-order valence-electron chi connectivity index (χ1n) is 6.45. The highest BCUT2D eigenvalue weighted by Gasteiger charge is 2.23. The van der Waals surface area contributed by atoms with Crippen LogP contribution >= 0.6 is 43.2 Å². The average Bonchev–Trinajstić information content (AvgIpc) is 2.69. The molecule has 0 aliphatic carbocycles. The number of likely N-dealkylation sites (tertiary alicyclic amines) is 1. The summed E-state index contributed by atoms with van der Waals surface area (Å²) in [7, 11) is 1.99. The minimum atomic E-state index is 0.207. The molecule has 1 saturated heterocycles. The van der Waals surface area contributed by atoms with Gasteiger partial charge in [-0.15, -0.1) is 11.3 Å². The van der Waals surface area contributed by atoms with E-state index in [1.165, 1.54) is 12.8 Å². The lowest BCUT2D eigenvalue weighted by Gasteiger charge is -2.32. The molecule has 1 unspecified atom stereocenters. The molecule has 1 aromatic heterocycles. The van der Waals surface area contributed by atoms with Gasteiger partial charge in [0.25, 0.3) is 0 Å². The molecule has 0 amide bonds.